The van der Waals surface area contributed by atoms with E-state index in [4.69, 9.17) is 16.0 Å². The molecule has 16 heavy (non-hydrogen) atoms. The van der Waals surface area contributed by atoms with Crippen LogP contribution in [0.2, 0.25) is 5.02 Å². The molecule has 0 aliphatic carbocycles. The molecule has 0 aliphatic heterocycles. The molecule has 0 spiro atoms. The summed E-state index contributed by atoms with van der Waals surface area (Å²) in [5, 5.41) is 3.98. The van der Waals surface area contributed by atoms with Gasteiger partial charge in [0.2, 0.25) is 0 Å². The van der Waals surface area contributed by atoms with Crippen molar-refractivity contribution in [1.82, 2.24) is 0 Å². The minimum absolute atomic E-state index is 0.651. The molecule has 1 aromatic heterocycles. The van der Waals surface area contributed by atoms with Gasteiger partial charge in [-0.1, -0.05) is 11.6 Å². The third kappa shape index (κ3) is 2.60. The van der Waals surface area contributed by atoms with Gasteiger partial charge < -0.3 is 9.73 Å². The smallest absolute Gasteiger partial charge is 0.125 e. The Kier molecular flexibility index (Phi) is 3.56. The maximum absolute atomic E-state index is 5.92. The highest BCUT2D eigenvalue weighted by Gasteiger charge is 2.04. The van der Waals surface area contributed by atoms with Crippen LogP contribution in [0.25, 0.3) is 0 Å². The Bertz CT molecular complexity index is 496. The molecule has 0 bridgehead atoms. The van der Waals surface area contributed by atoms with Crippen LogP contribution in [0.4, 0.5) is 5.69 Å². The summed E-state index contributed by atoms with van der Waals surface area (Å²) in [6.07, 6.45) is 1.69. The van der Waals surface area contributed by atoms with Gasteiger partial charge in [-0.3, -0.25) is 0 Å². The van der Waals surface area contributed by atoms with E-state index in [1.165, 1.54) is 0 Å². The van der Waals surface area contributed by atoms with E-state index in [2.05, 4.69) is 21.2 Å². The molecule has 0 amide bonds. The van der Waals surface area contributed by atoms with Crippen LogP contribution < -0.4 is 5.32 Å². The number of benzene rings is 1. The predicted octanol–water partition coefficient (Wildman–Crippen LogP) is 4.62. The van der Waals surface area contributed by atoms with Crippen molar-refractivity contribution in [2.45, 2.75) is 13.5 Å². The Morgan fingerprint density at radius 1 is 1.38 bits per heavy atom. The van der Waals surface area contributed by atoms with Gasteiger partial charge in [-0.05, 0) is 52.7 Å². The molecule has 0 saturated carbocycles. The van der Waals surface area contributed by atoms with Gasteiger partial charge in [0, 0.05) is 9.50 Å². The monoisotopic (exact) mass is 299 g/mol. The number of furan rings is 1. The molecule has 0 atom stereocenters. The lowest BCUT2D eigenvalue weighted by Gasteiger charge is -2.07. The Morgan fingerprint density at radius 3 is 2.88 bits per heavy atom. The Balaban J connectivity index is 2.10. The van der Waals surface area contributed by atoms with Crippen molar-refractivity contribution < 1.29 is 4.42 Å². The SMILES string of the molecule is Cc1ccoc1CNc1cc(Cl)ccc1Br. The van der Waals surface area contributed by atoms with Crippen molar-refractivity contribution in [3.05, 3.63) is 51.3 Å². The van der Waals surface area contributed by atoms with Crippen LogP contribution in [0, 0.1) is 6.92 Å². The van der Waals surface area contributed by atoms with Crippen molar-refractivity contribution >= 4 is 33.2 Å². The van der Waals surface area contributed by atoms with Crippen LogP contribution in [0.3, 0.4) is 0 Å². The van der Waals surface area contributed by atoms with Gasteiger partial charge in [-0.15, -0.1) is 0 Å². The summed E-state index contributed by atoms with van der Waals surface area (Å²) >= 11 is 9.39. The lowest BCUT2D eigenvalue weighted by atomic mass is 10.2. The average Bonchev–Trinajstić information content (AvgIpc) is 2.66. The molecule has 0 fully saturated rings. The zero-order valence-electron chi connectivity index (χ0n) is 8.76. The first-order valence-corrected chi connectivity index (χ1v) is 6.06. The maximum Gasteiger partial charge on any atom is 0.125 e. The standard InChI is InChI=1S/C12H11BrClNO/c1-8-4-5-16-12(8)7-15-11-6-9(14)2-3-10(11)13/h2-6,15H,7H2,1H3. The van der Waals surface area contributed by atoms with Crippen molar-refractivity contribution in [3.63, 3.8) is 0 Å². The molecule has 2 aromatic rings. The summed E-state index contributed by atoms with van der Waals surface area (Å²) in [5.41, 5.74) is 2.11. The van der Waals surface area contributed by atoms with Crippen molar-refractivity contribution in [1.29, 1.82) is 0 Å². The number of anilines is 1. The lowest BCUT2D eigenvalue weighted by molar-refractivity contribution is 0.515. The first-order chi connectivity index (χ1) is 7.66. The number of hydrogen-bond donors (Lipinski definition) is 1. The van der Waals surface area contributed by atoms with Crippen molar-refractivity contribution in [2.24, 2.45) is 0 Å². The third-order valence-electron chi connectivity index (χ3n) is 2.34. The molecule has 1 heterocycles. The molecule has 0 unspecified atom stereocenters. The fourth-order valence-electron chi connectivity index (χ4n) is 1.39. The molecule has 0 radical (unpaired) electrons. The largest absolute Gasteiger partial charge is 0.467 e. The average molecular weight is 301 g/mol. The molecule has 4 heteroatoms. The molecule has 0 saturated heterocycles. The highest BCUT2D eigenvalue weighted by molar-refractivity contribution is 9.10. The number of halogens is 2. The van der Waals surface area contributed by atoms with Crippen LogP contribution in [0.1, 0.15) is 11.3 Å². The quantitative estimate of drug-likeness (QED) is 0.895. The highest BCUT2D eigenvalue weighted by Crippen LogP contribution is 2.26. The fourth-order valence-corrected chi connectivity index (χ4v) is 1.95. The first-order valence-electron chi connectivity index (χ1n) is 4.88. The van der Waals surface area contributed by atoms with Crippen LogP contribution >= 0.6 is 27.5 Å². The fraction of sp³-hybridized carbons (Fsp3) is 0.167. The molecule has 0 aliphatic rings. The van der Waals surface area contributed by atoms with E-state index in [1.807, 2.05) is 31.2 Å². The predicted molar refractivity (Wildman–Crippen MR) is 69.9 cm³/mol. The van der Waals surface area contributed by atoms with Gasteiger partial charge in [0.15, 0.2) is 0 Å². The highest BCUT2D eigenvalue weighted by atomic mass is 79.9. The zero-order chi connectivity index (χ0) is 11.5. The summed E-state index contributed by atoms with van der Waals surface area (Å²) in [7, 11) is 0. The van der Waals surface area contributed by atoms with E-state index in [9.17, 15) is 0 Å². The number of nitrogens with one attached hydrogen (secondary N) is 1. The third-order valence-corrected chi connectivity index (χ3v) is 3.26. The number of rotatable bonds is 3. The van der Waals surface area contributed by atoms with Gasteiger partial charge >= 0.3 is 0 Å². The number of aryl methyl sites for hydroxylation is 1. The molecular weight excluding hydrogens is 289 g/mol. The summed E-state index contributed by atoms with van der Waals surface area (Å²) in [6.45, 7) is 2.67. The second-order valence-electron chi connectivity index (χ2n) is 3.50. The van der Waals surface area contributed by atoms with E-state index >= 15 is 0 Å². The Hall–Kier alpha value is -0.930. The van der Waals surface area contributed by atoms with Crippen LogP contribution in [-0.2, 0) is 6.54 Å². The molecule has 1 N–H and O–H groups in total. The Labute approximate surface area is 108 Å². The van der Waals surface area contributed by atoms with E-state index < -0.39 is 0 Å². The maximum atomic E-state index is 5.92. The van der Waals surface area contributed by atoms with Gasteiger partial charge in [0.1, 0.15) is 5.76 Å². The van der Waals surface area contributed by atoms with E-state index in [-0.39, 0.29) is 0 Å². The molecular formula is C12H11BrClNO. The van der Waals surface area contributed by atoms with Crippen molar-refractivity contribution in [2.75, 3.05) is 5.32 Å². The summed E-state index contributed by atoms with van der Waals surface area (Å²) in [5.74, 6) is 0.937. The van der Waals surface area contributed by atoms with Crippen molar-refractivity contribution in [3.8, 4) is 0 Å². The second-order valence-corrected chi connectivity index (χ2v) is 4.80. The van der Waals surface area contributed by atoms with E-state index in [1.54, 1.807) is 6.26 Å². The van der Waals surface area contributed by atoms with Gasteiger partial charge in [-0.2, -0.15) is 0 Å². The minimum atomic E-state index is 0.651. The topological polar surface area (TPSA) is 25.2 Å². The van der Waals surface area contributed by atoms with Crippen LogP contribution in [0.5, 0.6) is 0 Å². The van der Waals surface area contributed by atoms with Crippen LogP contribution in [-0.4, -0.2) is 0 Å². The normalized spacial score (nSPS) is 10.4. The summed E-state index contributed by atoms with van der Waals surface area (Å²) < 4.78 is 6.33. The molecule has 2 nitrogen and oxygen atoms in total. The van der Waals surface area contributed by atoms with Gasteiger partial charge in [-0.25, -0.2) is 0 Å². The number of hydrogen-bond acceptors (Lipinski definition) is 2. The summed E-state index contributed by atoms with van der Waals surface area (Å²) in [4.78, 5) is 0. The van der Waals surface area contributed by atoms with E-state index in [0.717, 1.165) is 21.5 Å². The lowest BCUT2D eigenvalue weighted by Crippen LogP contribution is -2.00. The second kappa shape index (κ2) is 4.93. The van der Waals surface area contributed by atoms with Gasteiger partial charge in [0.25, 0.3) is 0 Å². The minimum Gasteiger partial charge on any atom is -0.467 e. The van der Waals surface area contributed by atoms with E-state index in [0.29, 0.717) is 11.6 Å². The molecule has 84 valence electrons. The van der Waals surface area contributed by atoms with Gasteiger partial charge in [0.05, 0.1) is 18.5 Å². The van der Waals surface area contributed by atoms with Crippen LogP contribution in [0.15, 0.2) is 39.4 Å². The zero-order valence-corrected chi connectivity index (χ0v) is 11.1. The molecule has 1 aromatic carbocycles. The Morgan fingerprint density at radius 2 is 2.19 bits per heavy atom. The first kappa shape index (κ1) is 11.6. The molecule has 2 rings (SSSR count). The summed E-state index contributed by atoms with van der Waals surface area (Å²) in [6, 6.07) is 7.59.